The average Bonchev–Trinajstić information content (AvgIpc) is 2.55. The Morgan fingerprint density at radius 1 is 1.28 bits per heavy atom. The molecule has 3 N–H and O–H groups in total. The highest BCUT2D eigenvalue weighted by atomic mass is 16.5. The number of carbonyl (C=O) groups is 3. The van der Waals surface area contributed by atoms with Crippen LogP contribution in [0.15, 0.2) is 24.3 Å². The van der Waals surface area contributed by atoms with Crippen molar-refractivity contribution in [1.82, 2.24) is 5.32 Å². The first-order valence-electron chi connectivity index (χ1n) is 8.15. The van der Waals surface area contributed by atoms with Crippen LogP contribution in [0.1, 0.15) is 20.3 Å². The van der Waals surface area contributed by atoms with Crippen molar-refractivity contribution in [2.75, 3.05) is 30.0 Å². The van der Waals surface area contributed by atoms with Crippen LogP contribution >= 0.6 is 0 Å². The van der Waals surface area contributed by atoms with Crippen LogP contribution in [-0.2, 0) is 14.3 Å². The molecule has 0 radical (unpaired) electrons. The van der Waals surface area contributed by atoms with Crippen LogP contribution in [-0.4, -0.2) is 48.8 Å². The fourth-order valence-corrected chi connectivity index (χ4v) is 2.60. The van der Waals surface area contributed by atoms with Gasteiger partial charge < -0.3 is 25.4 Å². The van der Waals surface area contributed by atoms with Crippen LogP contribution in [0.2, 0.25) is 0 Å². The number of benzene rings is 1. The predicted molar refractivity (Wildman–Crippen MR) is 92.6 cm³/mol. The topological polar surface area (TPSA) is 108 Å². The van der Waals surface area contributed by atoms with Gasteiger partial charge in [0.25, 0.3) is 5.91 Å². The number of carboxylic acid groups (broad SMARTS) is 1. The minimum Gasteiger partial charge on any atom is -0.465 e. The highest BCUT2D eigenvalue weighted by Crippen LogP contribution is 2.20. The maximum Gasteiger partial charge on any atom is 0.405 e. The van der Waals surface area contributed by atoms with Gasteiger partial charge in [0, 0.05) is 17.9 Å². The third-order valence-corrected chi connectivity index (χ3v) is 3.75. The highest BCUT2D eigenvalue weighted by Gasteiger charge is 2.23. The van der Waals surface area contributed by atoms with Gasteiger partial charge in [0.1, 0.15) is 12.6 Å². The summed E-state index contributed by atoms with van der Waals surface area (Å²) in [6.07, 6.45) is -0.833. The van der Waals surface area contributed by atoms with Gasteiger partial charge >= 0.3 is 6.09 Å². The highest BCUT2D eigenvalue weighted by molar-refractivity contribution is 5.97. The molecule has 2 rings (SSSR count). The molecule has 0 aromatic heterocycles. The summed E-state index contributed by atoms with van der Waals surface area (Å²) < 4.78 is 5.10. The molecule has 1 aliphatic rings. The third kappa shape index (κ3) is 5.46. The first-order chi connectivity index (χ1) is 11.9. The first kappa shape index (κ1) is 18.7. The van der Waals surface area contributed by atoms with Gasteiger partial charge in [-0.05, 0) is 36.6 Å². The fourth-order valence-electron chi connectivity index (χ4n) is 2.60. The number of amides is 3. The van der Waals surface area contributed by atoms with Crippen LogP contribution in [0.3, 0.4) is 0 Å². The molecule has 8 nitrogen and oxygen atoms in total. The number of anilines is 2. The molecule has 0 aliphatic carbocycles. The van der Waals surface area contributed by atoms with Crippen LogP contribution < -0.4 is 15.5 Å². The maximum absolute atomic E-state index is 12.3. The normalized spacial score (nSPS) is 15.8. The zero-order valence-corrected chi connectivity index (χ0v) is 14.3. The quantitative estimate of drug-likeness (QED) is 0.724. The lowest BCUT2D eigenvalue weighted by Gasteiger charge is -2.27. The SMILES string of the molecule is CC(C)C[C@@H](NC(=O)O)C(=O)Nc1ccc(N2CCOCC2=O)cc1. The van der Waals surface area contributed by atoms with E-state index < -0.39 is 18.0 Å². The molecule has 3 amide bonds. The molecule has 0 unspecified atom stereocenters. The number of rotatable bonds is 6. The lowest BCUT2D eigenvalue weighted by molar-refractivity contribution is -0.125. The third-order valence-electron chi connectivity index (χ3n) is 3.75. The lowest BCUT2D eigenvalue weighted by atomic mass is 10.0. The molecule has 1 saturated heterocycles. The van der Waals surface area contributed by atoms with E-state index in [0.29, 0.717) is 25.3 Å². The molecule has 1 heterocycles. The standard InChI is InChI=1S/C17H23N3O5/c1-11(2)9-14(19-17(23)24)16(22)18-12-3-5-13(6-4-12)20-7-8-25-10-15(20)21/h3-6,11,14,19H,7-10H2,1-2H3,(H,18,22)(H,23,24)/t14-/m1/s1. The van der Waals surface area contributed by atoms with Crippen LogP contribution in [0.5, 0.6) is 0 Å². The molecule has 1 fully saturated rings. The van der Waals surface area contributed by atoms with Crippen molar-refractivity contribution in [3.8, 4) is 0 Å². The lowest BCUT2D eigenvalue weighted by Crippen LogP contribution is -2.44. The summed E-state index contributed by atoms with van der Waals surface area (Å²) in [7, 11) is 0. The molecular formula is C17H23N3O5. The van der Waals surface area contributed by atoms with Gasteiger partial charge in [-0.2, -0.15) is 0 Å². The minimum absolute atomic E-state index is 0.0657. The van der Waals surface area contributed by atoms with E-state index in [1.54, 1.807) is 29.2 Å². The fraction of sp³-hybridized carbons (Fsp3) is 0.471. The van der Waals surface area contributed by atoms with E-state index in [-0.39, 0.29) is 18.4 Å². The van der Waals surface area contributed by atoms with Gasteiger partial charge in [0.2, 0.25) is 5.91 Å². The number of nitrogens with zero attached hydrogens (tertiary/aromatic N) is 1. The van der Waals surface area contributed by atoms with Crippen molar-refractivity contribution in [3.05, 3.63) is 24.3 Å². The van der Waals surface area contributed by atoms with E-state index in [0.717, 1.165) is 5.69 Å². The largest absolute Gasteiger partial charge is 0.465 e. The summed E-state index contributed by atoms with van der Waals surface area (Å²) in [6.45, 7) is 4.87. The summed E-state index contributed by atoms with van der Waals surface area (Å²) in [5, 5.41) is 13.8. The molecular weight excluding hydrogens is 326 g/mol. The van der Waals surface area contributed by atoms with Crippen molar-refractivity contribution >= 4 is 29.3 Å². The summed E-state index contributed by atoms with van der Waals surface area (Å²) in [4.78, 5) is 36.6. The Labute approximate surface area is 146 Å². The minimum atomic E-state index is -1.23. The van der Waals surface area contributed by atoms with Gasteiger partial charge in [-0.15, -0.1) is 0 Å². The van der Waals surface area contributed by atoms with Gasteiger partial charge in [-0.3, -0.25) is 9.59 Å². The van der Waals surface area contributed by atoms with E-state index in [2.05, 4.69) is 10.6 Å². The second-order valence-corrected chi connectivity index (χ2v) is 6.27. The van der Waals surface area contributed by atoms with Crippen molar-refractivity contribution in [3.63, 3.8) is 0 Å². The zero-order valence-electron chi connectivity index (χ0n) is 14.3. The Morgan fingerprint density at radius 2 is 1.96 bits per heavy atom. The average molecular weight is 349 g/mol. The van der Waals surface area contributed by atoms with Gasteiger partial charge in [0.15, 0.2) is 0 Å². The second-order valence-electron chi connectivity index (χ2n) is 6.27. The Hall–Kier alpha value is -2.61. The number of hydrogen-bond donors (Lipinski definition) is 3. The van der Waals surface area contributed by atoms with Gasteiger partial charge in [0.05, 0.1) is 6.61 Å². The molecule has 8 heteroatoms. The number of ether oxygens (including phenoxy) is 1. The van der Waals surface area contributed by atoms with Crippen molar-refractivity contribution < 1.29 is 24.2 Å². The smallest absolute Gasteiger partial charge is 0.405 e. The molecule has 1 aromatic carbocycles. The molecule has 1 atom stereocenters. The van der Waals surface area contributed by atoms with Crippen molar-refractivity contribution in [2.24, 2.45) is 5.92 Å². The predicted octanol–water partition coefficient (Wildman–Crippen LogP) is 1.67. The Balaban J connectivity index is 2.02. The van der Waals surface area contributed by atoms with Crippen LogP contribution in [0, 0.1) is 5.92 Å². The van der Waals surface area contributed by atoms with Crippen molar-refractivity contribution in [1.29, 1.82) is 0 Å². The Kier molecular flexibility index (Phi) is 6.35. The number of nitrogens with one attached hydrogen (secondary N) is 2. The number of carbonyl (C=O) groups excluding carboxylic acids is 2. The van der Waals surface area contributed by atoms with E-state index in [9.17, 15) is 14.4 Å². The molecule has 136 valence electrons. The number of morpholine rings is 1. The van der Waals surface area contributed by atoms with E-state index in [4.69, 9.17) is 9.84 Å². The molecule has 1 aromatic rings. The first-order valence-corrected chi connectivity index (χ1v) is 8.15. The summed E-state index contributed by atoms with van der Waals surface area (Å²) in [5.41, 5.74) is 1.27. The van der Waals surface area contributed by atoms with Gasteiger partial charge in [-0.1, -0.05) is 13.8 Å². The Morgan fingerprint density at radius 3 is 2.52 bits per heavy atom. The maximum atomic E-state index is 12.3. The molecule has 0 spiro atoms. The zero-order chi connectivity index (χ0) is 18.4. The Bertz CT molecular complexity index is 630. The van der Waals surface area contributed by atoms with Crippen molar-refractivity contribution in [2.45, 2.75) is 26.3 Å². The monoisotopic (exact) mass is 349 g/mol. The summed E-state index contributed by atoms with van der Waals surface area (Å²) in [5.74, 6) is -0.353. The van der Waals surface area contributed by atoms with E-state index in [1.807, 2.05) is 13.8 Å². The molecule has 0 bridgehead atoms. The van der Waals surface area contributed by atoms with E-state index >= 15 is 0 Å². The van der Waals surface area contributed by atoms with Crippen LogP contribution in [0.25, 0.3) is 0 Å². The summed E-state index contributed by atoms with van der Waals surface area (Å²) >= 11 is 0. The second kappa shape index (κ2) is 8.48. The molecule has 1 aliphatic heterocycles. The summed E-state index contributed by atoms with van der Waals surface area (Å²) in [6, 6.07) is 6.02. The van der Waals surface area contributed by atoms with Crippen LogP contribution in [0.4, 0.5) is 16.2 Å². The number of hydrogen-bond acceptors (Lipinski definition) is 4. The molecule has 25 heavy (non-hydrogen) atoms. The molecule has 0 saturated carbocycles. The van der Waals surface area contributed by atoms with E-state index in [1.165, 1.54) is 0 Å². The van der Waals surface area contributed by atoms with Gasteiger partial charge in [-0.25, -0.2) is 4.79 Å².